The van der Waals surface area contributed by atoms with Gasteiger partial charge in [-0.15, -0.1) is 0 Å². The first-order valence-electron chi connectivity index (χ1n) is 5.06. The number of amides is 1. The Morgan fingerprint density at radius 3 is 3.00 bits per heavy atom. The zero-order valence-corrected chi connectivity index (χ0v) is 9.30. The van der Waals surface area contributed by atoms with Crippen LogP contribution in [0.15, 0.2) is 29.1 Å². The molecule has 0 saturated heterocycles. The zero-order valence-electron chi connectivity index (χ0n) is 9.30. The van der Waals surface area contributed by atoms with Crippen molar-refractivity contribution in [1.82, 2.24) is 15.5 Å². The van der Waals surface area contributed by atoms with Crippen LogP contribution >= 0.6 is 0 Å². The number of benzene rings is 1. The van der Waals surface area contributed by atoms with Crippen molar-refractivity contribution in [3.05, 3.63) is 41.5 Å². The molecule has 0 bridgehead atoms. The van der Waals surface area contributed by atoms with E-state index in [1.165, 1.54) is 6.39 Å². The summed E-state index contributed by atoms with van der Waals surface area (Å²) in [5.41, 5.74) is 7.78. The van der Waals surface area contributed by atoms with E-state index >= 15 is 0 Å². The molecule has 17 heavy (non-hydrogen) atoms. The quantitative estimate of drug-likeness (QED) is 0.766. The van der Waals surface area contributed by atoms with Crippen molar-refractivity contribution < 1.29 is 9.32 Å². The number of rotatable bonds is 3. The van der Waals surface area contributed by atoms with Gasteiger partial charge in [-0.1, -0.05) is 11.2 Å². The number of nitrogens with one attached hydrogen (secondary N) is 1. The molecule has 0 radical (unpaired) electrons. The van der Waals surface area contributed by atoms with Crippen molar-refractivity contribution in [3.8, 4) is 0 Å². The lowest BCUT2D eigenvalue weighted by atomic mass is 10.1. The Morgan fingerprint density at radius 1 is 1.53 bits per heavy atom. The van der Waals surface area contributed by atoms with E-state index < -0.39 is 0 Å². The van der Waals surface area contributed by atoms with Crippen molar-refractivity contribution in [2.45, 2.75) is 13.5 Å². The molecule has 0 unspecified atom stereocenters. The van der Waals surface area contributed by atoms with Gasteiger partial charge in [-0.05, 0) is 24.6 Å². The molecule has 6 heteroatoms. The Kier molecular flexibility index (Phi) is 3.04. The van der Waals surface area contributed by atoms with E-state index in [1.807, 2.05) is 6.92 Å². The maximum Gasteiger partial charge on any atom is 0.251 e. The summed E-state index contributed by atoms with van der Waals surface area (Å²) in [6.07, 6.45) is 1.21. The van der Waals surface area contributed by atoms with Gasteiger partial charge in [0, 0.05) is 11.3 Å². The normalized spacial score (nSPS) is 10.2. The zero-order chi connectivity index (χ0) is 12.3. The SMILES string of the molecule is Cc1ccc(C(=O)NCc2ncon2)cc1N. The fraction of sp³-hybridized carbons (Fsp3) is 0.182. The third kappa shape index (κ3) is 2.60. The number of aromatic nitrogens is 2. The minimum Gasteiger partial charge on any atom is -0.398 e. The summed E-state index contributed by atoms with van der Waals surface area (Å²) in [7, 11) is 0. The summed E-state index contributed by atoms with van der Waals surface area (Å²) >= 11 is 0. The van der Waals surface area contributed by atoms with Crippen LogP contribution in [0.3, 0.4) is 0 Å². The molecule has 0 aliphatic heterocycles. The number of nitrogens with zero attached hydrogens (tertiary/aromatic N) is 2. The van der Waals surface area contributed by atoms with E-state index in [0.29, 0.717) is 17.1 Å². The van der Waals surface area contributed by atoms with E-state index in [2.05, 4.69) is 20.0 Å². The highest BCUT2D eigenvalue weighted by Crippen LogP contribution is 2.12. The van der Waals surface area contributed by atoms with Gasteiger partial charge in [0.25, 0.3) is 5.91 Å². The number of aryl methyl sites for hydroxylation is 1. The Labute approximate surface area is 97.8 Å². The molecular weight excluding hydrogens is 220 g/mol. The van der Waals surface area contributed by atoms with Crippen LogP contribution in [0.1, 0.15) is 21.7 Å². The molecule has 1 aromatic heterocycles. The van der Waals surface area contributed by atoms with Crippen LogP contribution in [0.5, 0.6) is 0 Å². The van der Waals surface area contributed by atoms with Crippen molar-refractivity contribution in [1.29, 1.82) is 0 Å². The lowest BCUT2D eigenvalue weighted by molar-refractivity contribution is 0.0949. The number of hydrogen-bond acceptors (Lipinski definition) is 5. The van der Waals surface area contributed by atoms with Crippen LogP contribution in [0.2, 0.25) is 0 Å². The highest BCUT2D eigenvalue weighted by molar-refractivity contribution is 5.95. The molecule has 1 amide bonds. The number of nitrogens with two attached hydrogens (primary N) is 1. The number of nitrogen functional groups attached to an aromatic ring is 1. The summed E-state index contributed by atoms with van der Waals surface area (Å²) in [5, 5.41) is 6.26. The molecule has 88 valence electrons. The third-order valence-electron chi connectivity index (χ3n) is 2.36. The second-order valence-corrected chi connectivity index (χ2v) is 3.60. The summed E-state index contributed by atoms with van der Waals surface area (Å²) in [6.45, 7) is 2.11. The monoisotopic (exact) mass is 232 g/mol. The fourth-order valence-corrected chi connectivity index (χ4v) is 1.31. The fourth-order valence-electron chi connectivity index (χ4n) is 1.31. The predicted octanol–water partition coefficient (Wildman–Crippen LogP) is 0.890. The standard InChI is InChI=1S/C11H12N4O2/c1-7-2-3-8(4-9(7)12)11(16)13-5-10-14-6-17-15-10/h2-4,6H,5,12H2,1H3,(H,13,16). The molecule has 3 N–H and O–H groups in total. The second kappa shape index (κ2) is 4.65. The van der Waals surface area contributed by atoms with E-state index in [9.17, 15) is 4.79 Å². The second-order valence-electron chi connectivity index (χ2n) is 3.60. The van der Waals surface area contributed by atoms with Crippen molar-refractivity contribution in [3.63, 3.8) is 0 Å². The van der Waals surface area contributed by atoms with Crippen LogP contribution in [-0.4, -0.2) is 16.0 Å². The summed E-state index contributed by atoms with van der Waals surface area (Å²) in [6, 6.07) is 5.16. The van der Waals surface area contributed by atoms with Gasteiger partial charge in [-0.3, -0.25) is 4.79 Å². The van der Waals surface area contributed by atoms with Gasteiger partial charge in [0.05, 0.1) is 6.54 Å². The van der Waals surface area contributed by atoms with E-state index in [1.54, 1.807) is 18.2 Å². The van der Waals surface area contributed by atoms with Gasteiger partial charge in [-0.2, -0.15) is 4.98 Å². The van der Waals surface area contributed by atoms with Gasteiger partial charge >= 0.3 is 0 Å². The number of hydrogen-bond donors (Lipinski definition) is 2. The molecule has 0 spiro atoms. The van der Waals surface area contributed by atoms with Crippen molar-refractivity contribution in [2.24, 2.45) is 0 Å². The first-order chi connectivity index (χ1) is 8.16. The molecule has 0 atom stereocenters. The van der Waals surface area contributed by atoms with Crippen LogP contribution < -0.4 is 11.1 Å². The third-order valence-corrected chi connectivity index (χ3v) is 2.36. The molecular formula is C11H12N4O2. The smallest absolute Gasteiger partial charge is 0.251 e. The number of carbonyl (C=O) groups is 1. The molecule has 0 saturated carbocycles. The average Bonchev–Trinajstić information content (AvgIpc) is 2.82. The van der Waals surface area contributed by atoms with Crippen LogP contribution in [0.25, 0.3) is 0 Å². The van der Waals surface area contributed by atoms with Crippen molar-refractivity contribution >= 4 is 11.6 Å². The van der Waals surface area contributed by atoms with E-state index in [4.69, 9.17) is 5.73 Å². The van der Waals surface area contributed by atoms with Gasteiger partial charge in [0.1, 0.15) is 0 Å². The summed E-state index contributed by atoms with van der Waals surface area (Å²) in [5.74, 6) is 0.208. The minimum absolute atomic E-state index is 0.221. The Balaban J connectivity index is 2.02. The number of anilines is 1. The van der Waals surface area contributed by atoms with Crippen LogP contribution in [0, 0.1) is 6.92 Å². The molecule has 1 heterocycles. The predicted molar refractivity (Wildman–Crippen MR) is 61.1 cm³/mol. The largest absolute Gasteiger partial charge is 0.398 e. The maximum absolute atomic E-state index is 11.8. The lowest BCUT2D eigenvalue weighted by Crippen LogP contribution is -2.23. The summed E-state index contributed by atoms with van der Waals surface area (Å²) < 4.78 is 4.55. The molecule has 0 aliphatic carbocycles. The Bertz CT molecular complexity index is 522. The molecule has 2 rings (SSSR count). The first-order valence-corrected chi connectivity index (χ1v) is 5.06. The van der Waals surface area contributed by atoms with E-state index in [0.717, 1.165) is 5.56 Å². The minimum atomic E-state index is -0.221. The van der Waals surface area contributed by atoms with Gasteiger partial charge in [-0.25, -0.2) is 0 Å². The molecule has 2 aromatic rings. The molecule has 0 aliphatic rings. The molecule has 1 aromatic carbocycles. The van der Waals surface area contributed by atoms with Gasteiger partial charge in [0.15, 0.2) is 5.82 Å². The highest BCUT2D eigenvalue weighted by atomic mass is 16.5. The first kappa shape index (κ1) is 11.1. The molecule has 0 fully saturated rings. The molecule has 6 nitrogen and oxygen atoms in total. The van der Waals surface area contributed by atoms with Crippen LogP contribution in [-0.2, 0) is 6.54 Å². The topological polar surface area (TPSA) is 94.0 Å². The average molecular weight is 232 g/mol. The highest BCUT2D eigenvalue weighted by Gasteiger charge is 2.07. The lowest BCUT2D eigenvalue weighted by Gasteiger charge is -2.05. The number of carbonyl (C=O) groups excluding carboxylic acids is 1. The van der Waals surface area contributed by atoms with Crippen molar-refractivity contribution in [2.75, 3.05) is 5.73 Å². The summed E-state index contributed by atoms with van der Waals surface area (Å²) in [4.78, 5) is 15.5. The maximum atomic E-state index is 11.8. The van der Waals surface area contributed by atoms with Crippen LogP contribution in [0.4, 0.5) is 5.69 Å². The van der Waals surface area contributed by atoms with E-state index in [-0.39, 0.29) is 12.5 Å². The van der Waals surface area contributed by atoms with Gasteiger partial charge < -0.3 is 15.6 Å². The Morgan fingerprint density at radius 2 is 2.35 bits per heavy atom. The van der Waals surface area contributed by atoms with Gasteiger partial charge in [0.2, 0.25) is 6.39 Å². The Hall–Kier alpha value is -2.37.